The highest BCUT2D eigenvalue weighted by Gasteiger charge is 2.46. The number of ether oxygens (including phenoxy) is 2. The second-order valence-electron chi connectivity index (χ2n) is 6.43. The van der Waals surface area contributed by atoms with E-state index in [1.54, 1.807) is 12.1 Å². The van der Waals surface area contributed by atoms with Crippen molar-refractivity contribution >= 4 is 5.91 Å². The van der Waals surface area contributed by atoms with Crippen molar-refractivity contribution in [2.24, 2.45) is 0 Å². The fourth-order valence-corrected chi connectivity index (χ4v) is 2.82. The van der Waals surface area contributed by atoms with Gasteiger partial charge in [-0.2, -0.15) is 0 Å². The van der Waals surface area contributed by atoms with Crippen LogP contribution >= 0.6 is 0 Å². The molecule has 0 saturated carbocycles. The molecule has 1 aromatic rings. The number of carbonyl (C=O) groups is 1. The molecule has 0 unspecified atom stereocenters. The number of aliphatic hydroxyl groups excluding tert-OH is 3. The van der Waals surface area contributed by atoms with E-state index < -0.39 is 37.3 Å². The number of carbonyl (C=O) groups excluding carboxylic acids is 1. The van der Waals surface area contributed by atoms with E-state index in [1.165, 1.54) is 12.5 Å². The van der Waals surface area contributed by atoms with Gasteiger partial charge in [0.25, 0.3) is 0 Å². The number of nitrogens with one attached hydrogen (secondary N) is 1. The van der Waals surface area contributed by atoms with Gasteiger partial charge in [-0.15, -0.1) is 0 Å². The van der Waals surface area contributed by atoms with Gasteiger partial charge in [-0.3, -0.25) is 4.79 Å². The van der Waals surface area contributed by atoms with E-state index in [9.17, 15) is 20.1 Å². The molecular weight excluding hydrogens is 326 g/mol. The summed E-state index contributed by atoms with van der Waals surface area (Å²) in [5.41, 5.74) is 1.18. The first-order chi connectivity index (χ1) is 11.9. The molecular formula is C18H27NO6. The van der Waals surface area contributed by atoms with Crippen molar-refractivity contribution in [1.29, 1.82) is 0 Å². The Hall–Kier alpha value is -1.67. The molecule has 6 atom stereocenters. The predicted octanol–water partition coefficient (Wildman–Crippen LogP) is 0.523. The molecule has 0 radical (unpaired) electrons. The minimum Gasteiger partial charge on any atom is -0.463 e. The Bertz CT molecular complexity index is 563. The summed E-state index contributed by atoms with van der Waals surface area (Å²) in [6, 6.07) is 6.54. The van der Waals surface area contributed by atoms with Crippen molar-refractivity contribution in [2.45, 2.75) is 63.8 Å². The molecule has 7 nitrogen and oxygen atoms in total. The molecule has 0 aliphatic carbocycles. The Balaban J connectivity index is 2.16. The minimum absolute atomic E-state index is 0.386. The fourth-order valence-electron chi connectivity index (χ4n) is 2.82. The molecule has 25 heavy (non-hydrogen) atoms. The molecule has 7 heteroatoms. The molecule has 1 amide bonds. The molecule has 1 heterocycles. The standard InChI is InChI=1S/C18H27NO6/c1-4-10(2)12-5-7-13(8-6-12)24-18-15(19-11(3)21)17(23)16(22)14(9-20)25-18/h5-8,10,14-18,20,22-23H,4,9H2,1-3H3,(H,19,21)/t10-,14+,15+,16+,17+,18-/m0/s1. The maximum atomic E-state index is 11.4. The molecule has 1 fully saturated rings. The van der Waals surface area contributed by atoms with Gasteiger partial charge in [0.15, 0.2) is 0 Å². The van der Waals surface area contributed by atoms with Crippen molar-refractivity contribution in [3.63, 3.8) is 0 Å². The third kappa shape index (κ3) is 4.70. The van der Waals surface area contributed by atoms with Crippen LogP contribution in [-0.2, 0) is 9.53 Å². The van der Waals surface area contributed by atoms with Crippen LogP contribution in [0.3, 0.4) is 0 Å². The van der Waals surface area contributed by atoms with Crippen molar-refractivity contribution < 1.29 is 29.6 Å². The Morgan fingerprint density at radius 2 is 1.92 bits per heavy atom. The zero-order chi connectivity index (χ0) is 18.6. The Labute approximate surface area is 147 Å². The highest BCUT2D eigenvalue weighted by Crippen LogP contribution is 2.26. The summed E-state index contributed by atoms with van der Waals surface area (Å²) < 4.78 is 11.3. The maximum Gasteiger partial charge on any atom is 0.223 e. The molecule has 1 aliphatic rings. The quantitative estimate of drug-likeness (QED) is 0.594. The van der Waals surface area contributed by atoms with Gasteiger partial charge in [0.05, 0.1) is 6.61 Å². The third-order valence-corrected chi connectivity index (χ3v) is 4.56. The first-order valence-electron chi connectivity index (χ1n) is 8.53. The molecule has 0 aromatic heterocycles. The van der Waals surface area contributed by atoms with Gasteiger partial charge in [0, 0.05) is 6.92 Å². The molecule has 1 aromatic carbocycles. The number of benzene rings is 1. The van der Waals surface area contributed by atoms with Gasteiger partial charge in [-0.1, -0.05) is 26.0 Å². The first-order valence-corrected chi connectivity index (χ1v) is 8.53. The number of aliphatic hydroxyl groups is 3. The van der Waals surface area contributed by atoms with Gasteiger partial charge < -0.3 is 30.1 Å². The lowest BCUT2D eigenvalue weighted by atomic mass is 9.97. The van der Waals surface area contributed by atoms with E-state index in [4.69, 9.17) is 9.47 Å². The summed E-state index contributed by atoms with van der Waals surface area (Å²) in [7, 11) is 0. The topological polar surface area (TPSA) is 108 Å². The summed E-state index contributed by atoms with van der Waals surface area (Å²) in [4.78, 5) is 11.4. The van der Waals surface area contributed by atoms with Crippen LogP contribution in [0.15, 0.2) is 24.3 Å². The van der Waals surface area contributed by atoms with Crippen LogP contribution < -0.4 is 10.1 Å². The average Bonchev–Trinajstić information content (AvgIpc) is 2.60. The fraction of sp³-hybridized carbons (Fsp3) is 0.611. The van der Waals surface area contributed by atoms with Crippen molar-refractivity contribution in [3.8, 4) is 5.75 Å². The van der Waals surface area contributed by atoms with Crippen LogP contribution in [0.25, 0.3) is 0 Å². The summed E-state index contributed by atoms with van der Waals surface area (Å²) in [5.74, 6) is 0.554. The molecule has 2 rings (SSSR count). The molecule has 140 valence electrons. The lowest BCUT2D eigenvalue weighted by Gasteiger charge is -2.42. The summed E-state index contributed by atoms with van der Waals surface area (Å²) in [6.45, 7) is 5.08. The van der Waals surface area contributed by atoms with Crippen LogP contribution in [0.5, 0.6) is 5.75 Å². The van der Waals surface area contributed by atoms with Crippen molar-refractivity contribution in [1.82, 2.24) is 5.32 Å². The monoisotopic (exact) mass is 353 g/mol. The lowest BCUT2D eigenvalue weighted by Crippen LogP contribution is -2.65. The van der Waals surface area contributed by atoms with Gasteiger partial charge in [-0.05, 0) is 30.0 Å². The summed E-state index contributed by atoms with van der Waals surface area (Å²) in [6.07, 6.45) is -3.65. The maximum absolute atomic E-state index is 11.4. The summed E-state index contributed by atoms with van der Waals surface area (Å²) >= 11 is 0. The van der Waals surface area contributed by atoms with E-state index in [2.05, 4.69) is 19.2 Å². The lowest BCUT2D eigenvalue weighted by molar-refractivity contribution is -0.244. The average molecular weight is 353 g/mol. The molecule has 1 saturated heterocycles. The van der Waals surface area contributed by atoms with Gasteiger partial charge in [0.1, 0.15) is 30.1 Å². The van der Waals surface area contributed by atoms with E-state index in [-0.39, 0.29) is 5.91 Å². The number of amides is 1. The minimum atomic E-state index is -1.32. The molecule has 0 bridgehead atoms. The molecule has 1 aliphatic heterocycles. The van der Waals surface area contributed by atoms with Crippen LogP contribution in [-0.4, -0.2) is 58.5 Å². The largest absolute Gasteiger partial charge is 0.463 e. The van der Waals surface area contributed by atoms with Crippen molar-refractivity contribution in [3.05, 3.63) is 29.8 Å². The number of rotatable bonds is 6. The second kappa shape index (κ2) is 8.62. The predicted molar refractivity (Wildman–Crippen MR) is 91.1 cm³/mol. The zero-order valence-corrected chi connectivity index (χ0v) is 14.8. The highest BCUT2D eigenvalue weighted by molar-refractivity contribution is 5.73. The van der Waals surface area contributed by atoms with E-state index in [0.717, 1.165) is 6.42 Å². The van der Waals surface area contributed by atoms with E-state index >= 15 is 0 Å². The normalized spacial score (nSPS) is 30.6. The number of hydrogen-bond donors (Lipinski definition) is 4. The van der Waals surface area contributed by atoms with Crippen molar-refractivity contribution in [2.75, 3.05) is 6.61 Å². The molecule has 0 spiro atoms. The van der Waals surface area contributed by atoms with Crippen LogP contribution in [0.1, 0.15) is 38.7 Å². The Morgan fingerprint density at radius 1 is 1.28 bits per heavy atom. The summed E-state index contributed by atoms with van der Waals surface area (Å²) in [5, 5.41) is 32.1. The number of hydrogen-bond acceptors (Lipinski definition) is 6. The first kappa shape index (κ1) is 19.7. The van der Waals surface area contributed by atoms with Gasteiger partial charge in [-0.25, -0.2) is 0 Å². The zero-order valence-electron chi connectivity index (χ0n) is 14.8. The Kier molecular flexibility index (Phi) is 6.78. The van der Waals surface area contributed by atoms with Gasteiger partial charge >= 0.3 is 0 Å². The van der Waals surface area contributed by atoms with Crippen LogP contribution in [0, 0.1) is 0 Å². The van der Waals surface area contributed by atoms with Gasteiger partial charge in [0.2, 0.25) is 12.2 Å². The smallest absolute Gasteiger partial charge is 0.223 e. The van der Waals surface area contributed by atoms with E-state index in [1.807, 2.05) is 12.1 Å². The SMILES string of the molecule is CC[C@H](C)c1ccc(O[C@H]2O[C@H](CO)[C@@H](O)[C@H](O)[C@H]2NC(C)=O)cc1. The molecule has 4 N–H and O–H groups in total. The van der Waals surface area contributed by atoms with E-state index in [0.29, 0.717) is 11.7 Å². The second-order valence-corrected chi connectivity index (χ2v) is 6.43. The van der Waals surface area contributed by atoms with Crippen LogP contribution in [0.4, 0.5) is 0 Å². The highest BCUT2D eigenvalue weighted by atomic mass is 16.7. The third-order valence-electron chi connectivity index (χ3n) is 4.56. The van der Waals surface area contributed by atoms with Crippen LogP contribution in [0.2, 0.25) is 0 Å². The Morgan fingerprint density at radius 3 is 2.44 bits per heavy atom.